The first kappa shape index (κ1) is 15.7. The molecule has 1 aliphatic heterocycles. The van der Waals surface area contributed by atoms with Crippen LogP contribution in [0.25, 0.3) is 0 Å². The molecule has 21 heavy (non-hydrogen) atoms. The van der Waals surface area contributed by atoms with Gasteiger partial charge in [0.1, 0.15) is 6.61 Å². The summed E-state index contributed by atoms with van der Waals surface area (Å²) in [6.07, 6.45) is 2.15. The molecule has 5 nitrogen and oxygen atoms in total. The Kier molecular flexibility index (Phi) is 5.90. The van der Waals surface area contributed by atoms with Crippen LogP contribution in [0.3, 0.4) is 0 Å². The smallest absolute Gasteiger partial charge is 0.223 e. The number of hydrogen-bond donors (Lipinski definition) is 2. The average Bonchev–Trinajstić information content (AvgIpc) is 2.50. The Balaban J connectivity index is 1.71. The molecule has 0 saturated carbocycles. The first-order chi connectivity index (χ1) is 10.2. The summed E-state index contributed by atoms with van der Waals surface area (Å²) in [5.41, 5.74) is 6.90. The van der Waals surface area contributed by atoms with Gasteiger partial charge in [-0.3, -0.25) is 9.59 Å². The molecule has 1 aromatic rings. The maximum atomic E-state index is 11.9. The van der Waals surface area contributed by atoms with E-state index in [9.17, 15) is 9.59 Å². The minimum absolute atomic E-state index is 0.00899. The highest BCUT2D eigenvalue weighted by Gasteiger charge is 2.26. The van der Waals surface area contributed by atoms with E-state index in [0.29, 0.717) is 13.0 Å². The number of rotatable bonds is 7. The molecule has 3 N–H and O–H groups in total. The summed E-state index contributed by atoms with van der Waals surface area (Å²) in [6.45, 7) is 1.10. The van der Waals surface area contributed by atoms with Gasteiger partial charge in [-0.25, -0.2) is 0 Å². The van der Waals surface area contributed by atoms with E-state index < -0.39 is 6.04 Å². The molecule has 1 saturated heterocycles. The van der Waals surface area contributed by atoms with E-state index in [0.717, 1.165) is 24.9 Å². The van der Waals surface area contributed by atoms with Gasteiger partial charge in [0.2, 0.25) is 5.91 Å². The highest BCUT2D eigenvalue weighted by Crippen LogP contribution is 2.17. The second-order valence-corrected chi connectivity index (χ2v) is 5.42. The molecule has 1 heterocycles. The van der Waals surface area contributed by atoms with Crippen LogP contribution < -0.4 is 11.1 Å². The van der Waals surface area contributed by atoms with E-state index in [2.05, 4.69) is 5.32 Å². The number of hydrogen-bond acceptors (Lipinski definition) is 4. The predicted octanol–water partition coefficient (Wildman–Crippen LogP) is 1.02. The summed E-state index contributed by atoms with van der Waals surface area (Å²) in [7, 11) is 0. The lowest BCUT2D eigenvalue weighted by molar-refractivity contribution is -0.128. The van der Waals surface area contributed by atoms with E-state index in [1.165, 1.54) is 0 Å². The van der Waals surface area contributed by atoms with E-state index in [1.807, 2.05) is 30.3 Å². The van der Waals surface area contributed by atoms with Gasteiger partial charge in [-0.15, -0.1) is 0 Å². The van der Waals surface area contributed by atoms with Crippen molar-refractivity contribution in [3.63, 3.8) is 0 Å². The van der Waals surface area contributed by atoms with Crippen molar-refractivity contribution in [2.24, 2.45) is 11.7 Å². The summed E-state index contributed by atoms with van der Waals surface area (Å²) in [5, 5.41) is 2.80. The first-order valence-electron chi connectivity index (χ1n) is 7.34. The highest BCUT2D eigenvalue weighted by molar-refractivity contribution is 5.86. The normalized spacial score (nSPS) is 19.9. The van der Waals surface area contributed by atoms with Crippen molar-refractivity contribution in [1.82, 2.24) is 5.32 Å². The molecular weight excluding hydrogens is 268 g/mol. The minimum atomic E-state index is -0.630. The number of benzene rings is 1. The van der Waals surface area contributed by atoms with Crippen molar-refractivity contribution >= 4 is 11.7 Å². The number of nitrogens with one attached hydrogen (secondary N) is 1. The zero-order valence-corrected chi connectivity index (χ0v) is 12.1. The van der Waals surface area contributed by atoms with Crippen molar-refractivity contribution in [1.29, 1.82) is 0 Å². The lowest BCUT2D eigenvalue weighted by Gasteiger charge is -2.23. The molecule has 0 spiro atoms. The summed E-state index contributed by atoms with van der Waals surface area (Å²) in [4.78, 5) is 23.6. The highest BCUT2D eigenvalue weighted by atomic mass is 16.5. The Labute approximate surface area is 124 Å². The maximum absolute atomic E-state index is 11.9. The van der Waals surface area contributed by atoms with Crippen molar-refractivity contribution in [3.05, 3.63) is 35.9 Å². The quantitative estimate of drug-likeness (QED) is 0.785. The number of ketones is 1. The molecule has 2 atom stereocenters. The number of amides is 1. The number of carbonyl (C=O) groups excluding carboxylic acids is 2. The summed E-state index contributed by atoms with van der Waals surface area (Å²) < 4.78 is 5.39. The monoisotopic (exact) mass is 290 g/mol. The molecule has 114 valence electrons. The van der Waals surface area contributed by atoms with E-state index in [4.69, 9.17) is 10.5 Å². The van der Waals surface area contributed by atoms with Gasteiger partial charge in [0.05, 0.1) is 12.6 Å². The van der Waals surface area contributed by atoms with Crippen molar-refractivity contribution in [3.8, 4) is 0 Å². The van der Waals surface area contributed by atoms with Gasteiger partial charge >= 0.3 is 0 Å². The molecule has 0 aromatic heterocycles. The molecule has 1 aliphatic rings. The molecule has 2 rings (SSSR count). The second kappa shape index (κ2) is 7.90. The minimum Gasteiger partial charge on any atom is -0.369 e. The third-order valence-electron chi connectivity index (χ3n) is 3.71. The fourth-order valence-corrected chi connectivity index (χ4v) is 2.45. The van der Waals surface area contributed by atoms with Crippen LogP contribution in [0, 0.1) is 5.92 Å². The molecule has 1 fully saturated rings. The molecule has 5 heteroatoms. The van der Waals surface area contributed by atoms with Gasteiger partial charge in [0.15, 0.2) is 5.78 Å². The van der Waals surface area contributed by atoms with Gasteiger partial charge in [0.25, 0.3) is 0 Å². The lowest BCUT2D eigenvalue weighted by Crippen LogP contribution is -2.42. The van der Waals surface area contributed by atoms with Crippen molar-refractivity contribution in [2.75, 3.05) is 13.2 Å². The number of ether oxygens (including phenoxy) is 1. The van der Waals surface area contributed by atoms with Crippen molar-refractivity contribution in [2.45, 2.75) is 31.9 Å². The molecule has 0 bridgehead atoms. The second-order valence-electron chi connectivity index (χ2n) is 5.42. The van der Waals surface area contributed by atoms with Gasteiger partial charge < -0.3 is 15.8 Å². The van der Waals surface area contributed by atoms with Gasteiger partial charge in [-0.1, -0.05) is 30.3 Å². The molecule has 0 radical (unpaired) electrons. The molecule has 0 aliphatic carbocycles. The topological polar surface area (TPSA) is 81.4 Å². The van der Waals surface area contributed by atoms with E-state index in [1.54, 1.807) is 0 Å². The largest absolute Gasteiger partial charge is 0.369 e. The lowest BCUT2D eigenvalue weighted by atomic mass is 9.90. The van der Waals surface area contributed by atoms with Crippen LogP contribution in [0.4, 0.5) is 0 Å². The molecular formula is C16H22N2O3. The summed E-state index contributed by atoms with van der Waals surface area (Å²) in [5.74, 6) is -0.286. The Morgan fingerprint density at radius 1 is 1.38 bits per heavy atom. The Morgan fingerprint density at radius 3 is 2.86 bits per heavy atom. The van der Waals surface area contributed by atoms with Crippen molar-refractivity contribution < 1.29 is 14.3 Å². The summed E-state index contributed by atoms with van der Waals surface area (Å²) in [6, 6.07) is 9.03. The molecule has 1 unspecified atom stereocenters. The zero-order valence-electron chi connectivity index (χ0n) is 12.1. The van der Waals surface area contributed by atoms with Crippen LogP contribution in [0.5, 0.6) is 0 Å². The number of carbonyl (C=O) groups is 2. The van der Waals surface area contributed by atoms with Crippen LogP contribution in [-0.4, -0.2) is 30.9 Å². The Morgan fingerprint density at radius 2 is 2.14 bits per heavy atom. The van der Waals surface area contributed by atoms with Crippen LogP contribution in [0.15, 0.2) is 30.3 Å². The zero-order chi connectivity index (χ0) is 15.1. The van der Waals surface area contributed by atoms with Crippen LogP contribution in [0.2, 0.25) is 0 Å². The van der Waals surface area contributed by atoms with Crippen LogP contribution in [-0.2, 0) is 20.9 Å². The van der Waals surface area contributed by atoms with E-state index in [-0.39, 0.29) is 24.2 Å². The molecule has 1 aromatic carbocycles. The third kappa shape index (κ3) is 4.95. The van der Waals surface area contributed by atoms with Crippen LogP contribution in [0.1, 0.15) is 24.8 Å². The third-order valence-corrected chi connectivity index (χ3v) is 3.71. The first-order valence-corrected chi connectivity index (χ1v) is 7.34. The summed E-state index contributed by atoms with van der Waals surface area (Å²) >= 11 is 0. The number of nitrogens with two attached hydrogens (primary N) is 1. The van der Waals surface area contributed by atoms with Crippen LogP contribution >= 0.6 is 0 Å². The fourth-order valence-electron chi connectivity index (χ4n) is 2.45. The maximum Gasteiger partial charge on any atom is 0.223 e. The molecule has 1 amide bonds. The number of Topliss-reactive ketones (excluding diaryl/α,β-unsaturated/α-hetero) is 1. The SMILES string of the molecule is NC(C[C@@H]1CCCNC1=O)C(=O)COCc1ccccc1. The van der Waals surface area contributed by atoms with Gasteiger partial charge in [-0.05, 0) is 24.8 Å². The fraction of sp³-hybridized carbons (Fsp3) is 0.500. The number of piperidine rings is 1. The average molecular weight is 290 g/mol. The van der Waals surface area contributed by atoms with Gasteiger partial charge in [0, 0.05) is 12.5 Å². The van der Waals surface area contributed by atoms with Gasteiger partial charge in [-0.2, -0.15) is 0 Å². The Bertz CT molecular complexity index is 476. The Hall–Kier alpha value is -1.72. The predicted molar refractivity (Wildman–Crippen MR) is 79.4 cm³/mol. The standard InChI is InChI=1S/C16H22N2O3/c17-14(9-13-7-4-8-18-16(13)20)15(19)11-21-10-12-5-2-1-3-6-12/h1-3,5-6,13-14H,4,7-11,17H2,(H,18,20)/t13-,14?/m0/s1. The van der Waals surface area contributed by atoms with E-state index >= 15 is 0 Å².